The van der Waals surface area contributed by atoms with Crippen molar-refractivity contribution in [3.05, 3.63) is 33.8 Å². The van der Waals surface area contributed by atoms with Gasteiger partial charge in [-0.15, -0.1) is 0 Å². The third kappa shape index (κ3) is 3.44. The molecule has 1 amide bonds. The van der Waals surface area contributed by atoms with Crippen LogP contribution in [0.2, 0.25) is 10.0 Å². The van der Waals surface area contributed by atoms with Crippen LogP contribution < -0.4 is 0 Å². The number of carbonyl (C=O) groups is 2. The molecule has 4 nitrogen and oxygen atoms in total. The zero-order chi connectivity index (χ0) is 14.7. The molecule has 1 unspecified atom stereocenters. The van der Waals surface area contributed by atoms with E-state index in [0.29, 0.717) is 28.6 Å². The number of aliphatic carboxylic acids is 1. The van der Waals surface area contributed by atoms with Crippen molar-refractivity contribution in [2.45, 2.75) is 31.7 Å². The van der Waals surface area contributed by atoms with E-state index in [1.807, 2.05) is 0 Å². The van der Waals surface area contributed by atoms with Gasteiger partial charge in [0.15, 0.2) is 0 Å². The van der Waals surface area contributed by atoms with Gasteiger partial charge in [0, 0.05) is 17.6 Å². The number of hydrogen-bond donors (Lipinski definition) is 1. The molecule has 1 N–H and O–H groups in total. The van der Waals surface area contributed by atoms with E-state index in [1.54, 1.807) is 17.0 Å². The first kappa shape index (κ1) is 15.1. The number of carboxylic acid groups (broad SMARTS) is 1. The Morgan fingerprint density at radius 3 is 2.70 bits per heavy atom. The average Bonchev–Trinajstić information content (AvgIpc) is 2.38. The van der Waals surface area contributed by atoms with Crippen LogP contribution in [0.1, 0.15) is 36.0 Å². The minimum Gasteiger partial charge on any atom is -0.481 e. The number of carbonyl (C=O) groups excluding carboxylic acids is 1. The van der Waals surface area contributed by atoms with Crippen LogP contribution in [0.15, 0.2) is 18.2 Å². The van der Waals surface area contributed by atoms with Gasteiger partial charge in [-0.05, 0) is 37.5 Å². The molecular weight excluding hydrogens is 301 g/mol. The Kier molecular flexibility index (Phi) is 4.89. The van der Waals surface area contributed by atoms with Crippen molar-refractivity contribution >= 4 is 35.1 Å². The van der Waals surface area contributed by atoms with Gasteiger partial charge < -0.3 is 10.0 Å². The monoisotopic (exact) mass is 315 g/mol. The van der Waals surface area contributed by atoms with E-state index in [0.717, 1.165) is 12.8 Å². The Morgan fingerprint density at radius 1 is 1.30 bits per heavy atom. The molecule has 1 atom stereocenters. The van der Waals surface area contributed by atoms with Crippen LogP contribution in [0.5, 0.6) is 0 Å². The van der Waals surface area contributed by atoms with Crippen LogP contribution in [-0.4, -0.2) is 34.5 Å². The molecule has 1 saturated heterocycles. The molecular formula is C14H15Cl2NO3. The summed E-state index contributed by atoms with van der Waals surface area (Å²) in [5.74, 6) is -1.12. The highest BCUT2D eigenvalue weighted by atomic mass is 35.5. The van der Waals surface area contributed by atoms with Gasteiger partial charge in [0.25, 0.3) is 5.91 Å². The Hall–Kier alpha value is -1.26. The molecule has 108 valence electrons. The van der Waals surface area contributed by atoms with Crippen LogP contribution in [0.4, 0.5) is 0 Å². The predicted molar refractivity (Wildman–Crippen MR) is 77.4 cm³/mol. The lowest BCUT2D eigenvalue weighted by atomic mass is 9.98. The minimum absolute atomic E-state index is 0.0308. The summed E-state index contributed by atoms with van der Waals surface area (Å²) in [6, 6.07) is 4.45. The van der Waals surface area contributed by atoms with Crippen LogP contribution in [0.3, 0.4) is 0 Å². The number of nitrogens with zero attached hydrogens (tertiary/aromatic N) is 1. The molecule has 0 saturated carbocycles. The molecule has 2 rings (SSSR count). The lowest BCUT2D eigenvalue weighted by Gasteiger charge is -2.35. The molecule has 0 aliphatic carbocycles. The fraction of sp³-hybridized carbons (Fsp3) is 0.429. The van der Waals surface area contributed by atoms with Crippen molar-refractivity contribution in [2.75, 3.05) is 6.54 Å². The van der Waals surface area contributed by atoms with Gasteiger partial charge in [-0.3, -0.25) is 9.59 Å². The van der Waals surface area contributed by atoms with Gasteiger partial charge in [-0.25, -0.2) is 0 Å². The van der Waals surface area contributed by atoms with E-state index >= 15 is 0 Å². The number of rotatable bonds is 3. The van der Waals surface area contributed by atoms with Crippen LogP contribution in [-0.2, 0) is 4.79 Å². The Labute approximate surface area is 127 Å². The summed E-state index contributed by atoms with van der Waals surface area (Å²) in [7, 11) is 0. The number of amides is 1. The van der Waals surface area contributed by atoms with E-state index < -0.39 is 5.97 Å². The summed E-state index contributed by atoms with van der Waals surface area (Å²) < 4.78 is 0. The molecule has 0 bridgehead atoms. The van der Waals surface area contributed by atoms with Gasteiger partial charge in [-0.2, -0.15) is 0 Å². The Balaban J connectivity index is 2.22. The van der Waals surface area contributed by atoms with Crippen molar-refractivity contribution in [1.29, 1.82) is 0 Å². The maximum Gasteiger partial charge on any atom is 0.305 e. The lowest BCUT2D eigenvalue weighted by Crippen LogP contribution is -2.44. The SMILES string of the molecule is O=C(O)CC1CCCCN1C(=O)c1ccc(Cl)cc1Cl. The summed E-state index contributed by atoms with van der Waals surface area (Å²) in [6.07, 6.45) is 2.50. The minimum atomic E-state index is -0.892. The fourth-order valence-electron chi connectivity index (χ4n) is 2.50. The molecule has 20 heavy (non-hydrogen) atoms. The van der Waals surface area contributed by atoms with E-state index in [2.05, 4.69) is 0 Å². The van der Waals surface area contributed by atoms with Crippen molar-refractivity contribution < 1.29 is 14.7 Å². The van der Waals surface area contributed by atoms with Crippen LogP contribution >= 0.6 is 23.2 Å². The number of halogens is 2. The molecule has 1 fully saturated rings. The van der Waals surface area contributed by atoms with Crippen molar-refractivity contribution in [3.8, 4) is 0 Å². The van der Waals surface area contributed by atoms with Gasteiger partial charge in [-0.1, -0.05) is 23.2 Å². The number of piperidine rings is 1. The standard InChI is InChI=1S/C14H15Cl2NO3/c15-9-4-5-11(12(16)7-9)14(20)17-6-2-1-3-10(17)8-13(18)19/h4-5,7,10H,1-3,6,8H2,(H,18,19). The predicted octanol–water partition coefficient (Wildman–Crippen LogP) is 3.46. The second-order valence-electron chi connectivity index (χ2n) is 4.87. The first-order valence-corrected chi connectivity index (χ1v) is 7.22. The highest BCUT2D eigenvalue weighted by Gasteiger charge is 2.29. The van der Waals surface area contributed by atoms with Gasteiger partial charge >= 0.3 is 5.97 Å². The smallest absolute Gasteiger partial charge is 0.305 e. The number of likely N-dealkylation sites (tertiary alicyclic amines) is 1. The molecule has 6 heteroatoms. The Bertz CT molecular complexity index is 533. The number of benzene rings is 1. The molecule has 1 heterocycles. The summed E-state index contributed by atoms with van der Waals surface area (Å²) >= 11 is 11.9. The molecule has 0 radical (unpaired) electrons. The fourth-order valence-corrected chi connectivity index (χ4v) is 2.99. The second kappa shape index (κ2) is 6.46. The number of carboxylic acids is 1. The normalized spacial score (nSPS) is 18.9. The topological polar surface area (TPSA) is 57.6 Å². The first-order chi connectivity index (χ1) is 9.49. The van der Waals surface area contributed by atoms with Gasteiger partial charge in [0.05, 0.1) is 17.0 Å². The summed E-state index contributed by atoms with van der Waals surface area (Å²) in [5.41, 5.74) is 0.369. The highest BCUT2D eigenvalue weighted by Crippen LogP contribution is 2.26. The molecule has 1 aromatic carbocycles. The molecule has 1 aliphatic rings. The van der Waals surface area contributed by atoms with Crippen LogP contribution in [0.25, 0.3) is 0 Å². The highest BCUT2D eigenvalue weighted by molar-refractivity contribution is 6.36. The lowest BCUT2D eigenvalue weighted by molar-refractivity contribution is -0.138. The molecule has 1 aromatic rings. The van der Waals surface area contributed by atoms with Crippen LogP contribution in [0, 0.1) is 0 Å². The van der Waals surface area contributed by atoms with Crippen molar-refractivity contribution in [2.24, 2.45) is 0 Å². The van der Waals surface area contributed by atoms with Gasteiger partial charge in [0.2, 0.25) is 0 Å². The van der Waals surface area contributed by atoms with Crippen molar-refractivity contribution in [1.82, 2.24) is 4.90 Å². The van der Waals surface area contributed by atoms with Gasteiger partial charge in [0.1, 0.15) is 0 Å². The van der Waals surface area contributed by atoms with E-state index in [-0.39, 0.29) is 18.4 Å². The zero-order valence-corrected chi connectivity index (χ0v) is 12.3. The maximum atomic E-state index is 12.5. The largest absolute Gasteiger partial charge is 0.481 e. The molecule has 0 spiro atoms. The van der Waals surface area contributed by atoms with E-state index in [1.165, 1.54) is 6.07 Å². The average molecular weight is 316 g/mol. The zero-order valence-electron chi connectivity index (χ0n) is 10.8. The third-order valence-electron chi connectivity index (χ3n) is 3.46. The maximum absolute atomic E-state index is 12.5. The first-order valence-electron chi connectivity index (χ1n) is 6.47. The quantitative estimate of drug-likeness (QED) is 0.929. The summed E-state index contributed by atoms with van der Waals surface area (Å²) in [5, 5.41) is 9.70. The van der Waals surface area contributed by atoms with Crippen molar-refractivity contribution in [3.63, 3.8) is 0 Å². The summed E-state index contributed by atoms with van der Waals surface area (Å²) in [4.78, 5) is 25.0. The second-order valence-corrected chi connectivity index (χ2v) is 5.71. The van der Waals surface area contributed by atoms with E-state index in [9.17, 15) is 9.59 Å². The third-order valence-corrected chi connectivity index (χ3v) is 4.01. The molecule has 0 aromatic heterocycles. The van der Waals surface area contributed by atoms with E-state index in [4.69, 9.17) is 28.3 Å². The molecule has 1 aliphatic heterocycles. The Morgan fingerprint density at radius 2 is 2.05 bits per heavy atom. The number of hydrogen-bond acceptors (Lipinski definition) is 2. The summed E-state index contributed by atoms with van der Waals surface area (Å²) in [6.45, 7) is 0.565.